The molecule has 138 valence electrons. The van der Waals surface area contributed by atoms with Crippen LogP contribution in [0.4, 0.5) is 5.82 Å². The molecule has 0 saturated carbocycles. The quantitative estimate of drug-likeness (QED) is 0.524. The summed E-state index contributed by atoms with van der Waals surface area (Å²) >= 11 is 0. The van der Waals surface area contributed by atoms with Gasteiger partial charge in [0.1, 0.15) is 12.1 Å². The fraction of sp³-hybridized carbons (Fsp3) is 0.150. The highest BCUT2D eigenvalue weighted by molar-refractivity contribution is 5.88. The second-order valence-corrected chi connectivity index (χ2v) is 6.69. The van der Waals surface area contributed by atoms with Crippen molar-refractivity contribution in [1.29, 1.82) is 0 Å². The molecule has 28 heavy (non-hydrogen) atoms. The van der Waals surface area contributed by atoms with Crippen molar-refractivity contribution in [2.24, 2.45) is 0 Å². The first-order chi connectivity index (χ1) is 13.6. The van der Waals surface area contributed by atoms with Crippen LogP contribution in [0, 0.1) is 6.92 Å². The molecule has 5 rings (SSSR count). The predicted octanol–water partition coefficient (Wildman–Crippen LogP) is 3.04. The van der Waals surface area contributed by atoms with Gasteiger partial charge in [-0.25, -0.2) is 19.2 Å². The zero-order valence-corrected chi connectivity index (χ0v) is 15.5. The van der Waals surface area contributed by atoms with Crippen molar-refractivity contribution >= 4 is 22.4 Å². The van der Waals surface area contributed by atoms with E-state index in [0.29, 0.717) is 11.5 Å². The smallest absolute Gasteiger partial charge is 0.164 e. The summed E-state index contributed by atoms with van der Waals surface area (Å²) in [5.74, 6) is 0.439. The lowest BCUT2D eigenvalue weighted by Crippen LogP contribution is -2.10. The Hall–Kier alpha value is -3.81. The summed E-state index contributed by atoms with van der Waals surface area (Å²) in [6, 6.07) is 11.8. The molecule has 1 atom stereocenters. The number of fused-ring (bicyclic) bond motifs is 2. The summed E-state index contributed by atoms with van der Waals surface area (Å²) in [4.78, 5) is 13.1. The maximum absolute atomic E-state index is 6.06. The maximum atomic E-state index is 6.06. The minimum atomic E-state index is -0.107. The van der Waals surface area contributed by atoms with E-state index in [0.717, 1.165) is 33.5 Å². The topological polar surface area (TPSA) is 99.8 Å². The molecule has 0 amide bonds. The Labute approximate surface area is 160 Å². The average molecular weight is 370 g/mol. The van der Waals surface area contributed by atoms with Crippen LogP contribution in [-0.4, -0.2) is 34.3 Å². The van der Waals surface area contributed by atoms with Crippen molar-refractivity contribution in [2.45, 2.75) is 19.9 Å². The number of anilines is 1. The number of nitrogens with zero attached hydrogens (tertiary/aromatic N) is 7. The van der Waals surface area contributed by atoms with E-state index < -0.39 is 0 Å². The van der Waals surface area contributed by atoms with Gasteiger partial charge in [0.05, 0.1) is 34.0 Å². The summed E-state index contributed by atoms with van der Waals surface area (Å²) in [5.41, 5.74) is 11.4. The predicted molar refractivity (Wildman–Crippen MR) is 107 cm³/mol. The Morgan fingerprint density at radius 3 is 2.75 bits per heavy atom. The van der Waals surface area contributed by atoms with Crippen LogP contribution >= 0.6 is 0 Å². The summed E-state index contributed by atoms with van der Waals surface area (Å²) in [6.07, 6.45) is 5.03. The van der Waals surface area contributed by atoms with E-state index in [1.165, 1.54) is 6.33 Å². The van der Waals surface area contributed by atoms with Crippen molar-refractivity contribution < 1.29 is 0 Å². The molecule has 0 bridgehead atoms. The molecule has 0 aliphatic carbocycles. The van der Waals surface area contributed by atoms with Crippen molar-refractivity contribution in [2.75, 3.05) is 5.73 Å². The van der Waals surface area contributed by atoms with Crippen LogP contribution in [0.1, 0.15) is 24.2 Å². The lowest BCUT2D eigenvalue weighted by molar-refractivity contribution is 0.575. The van der Waals surface area contributed by atoms with Crippen LogP contribution in [0.5, 0.6) is 0 Å². The van der Waals surface area contributed by atoms with E-state index in [2.05, 4.69) is 33.0 Å². The SMILES string of the molecule is Cc1nn(C(C)c2cc3cccnn3c2-c2ccccn2)c2ncnc(N)c12. The second kappa shape index (κ2) is 6.12. The third-order valence-electron chi connectivity index (χ3n) is 4.99. The molecule has 5 aromatic heterocycles. The number of hydrogen-bond acceptors (Lipinski definition) is 6. The van der Waals surface area contributed by atoms with Crippen LogP contribution in [0.15, 0.2) is 55.1 Å². The summed E-state index contributed by atoms with van der Waals surface area (Å²) in [5, 5.41) is 10.0. The van der Waals surface area contributed by atoms with E-state index in [1.807, 2.05) is 46.5 Å². The Morgan fingerprint density at radius 2 is 1.93 bits per heavy atom. The van der Waals surface area contributed by atoms with Crippen LogP contribution in [-0.2, 0) is 0 Å². The molecular weight excluding hydrogens is 352 g/mol. The normalized spacial score (nSPS) is 12.6. The van der Waals surface area contributed by atoms with Gasteiger partial charge in [0, 0.05) is 18.0 Å². The van der Waals surface area contributed by atoms with E-state index in [9.17, 15) is 0 Å². The summed E-state index contributed by atoms with van der Waals surface area (Å²) in [6.45, 7) is 4.01. The first-order valence-electron chi connectivity index (χ1n) is 8.98. The average Bonchev–Trinajstić information content (AvgIpc) is 3.27. The Bertz CT molecular complexity index is 1300. The van der Waals surface area contributed by atoms with Gasteiger partial charge >= 0.3 is 0 Å². The minimum absolute atomic E-state index is 0.107. The Morgan fingerprint density at radius 1 is 1.04 bits per heavy atom. The molecule has 8 nitrogen and oxygen atoms in total. The molecule has 0 fully saturated rings. The minimum Gasteiger partial charge on any atom is -0.383 e. The molecule has 0 radical (unpaired) electrons. The van der Waals surface area contributed by atoms with Gasteiger partial charge in [-0.3, -0.25) is 4.98 Å². The first kappa shape index (κ1) is 16.4. The second-order valence-electron chi connectivity index (χ2n) is 6.69. The standard InChI is InChI=1S/C20H18N8/c1-12-17-19(21)23-11-24-20(17)27(26-12)13(2)15-10-14-6-5-9-25-28(14)18(15)16-7-3-4-8-22-16/h3-11,13H,1-2H3,(H2,21,23,24). The molecular formula is C20H18N8. The van der Waals surface area contributed by atoms with Gasteiger partial charge in [0.25, 0.3) is 0 Å². The molecule has 0 aliphatic rings. The summed E-state index contributed by atoms with van der Waals surface area (Å²) in [7, 11) is 0. The van der Waals surface area contributed by atoms with Gasteiger partial charge in [0.2, 0.25) is 0 Å². The monoisotopic (exact) mass is 370 g/mol. The fourth-order valence-electron chi connectivity index (χ4n) is 3.68. The van der Waals surface area contributed by atoms with Gasteiger partial charge in [-0.15, -0.1) is 0 Å². The number of hydrogen-bond donors (Lipinski definition) is 1. The molecule has 0 aromatic carbocycles. The molecule has 5 heterocycles. The zero-order chi connectivity index (χ0) is 19.3. The third-order valence-corrected chi connectivity index (χ3v) is 4.99. The van der Waals surface area contributed by atoms with Gasteiger partial charge in [-0.1, -0.05) is 6.07 Å². The molecule has 0 spiro atoms. The number of aromatic nitrogens is 7. The van der Waals surface area contributed by atoms with Crippen molar-refractivity contribution in [3.05, 3.63) is 66.4 Å². The fourth-order valence-corrected chi connectivity index (χ4v) is 3.68. The lowest BCUT2D eigenvalue weighted by Gasteiger charge is -2.14. The number of rotatable bonds is 3. The lowest BCUT2D eigenvalue weighted by atomic mass is 10.1. The van der Waals surface area contributed by atoms with Gasteiger partial charge < -0.3 is 5.73 Å². The Balaban J connectivity index is 1.78. The zero-order valence-electron chi connectivity index (χ0n) is 15.5. The largest absolute Gasteiger partial charge is 0.383 e. The molecule has 1 unspecified atom stereocenters. The number of aryl methyl sites for hydroxylation is 1. The summed E-state index contributed by atoms with van der Waals surface area (Å²) < 4.78 is 3.81. The number of nitrogens with two attached hydrogens (primary N) is 1. The van der Waals surface area contributed by atoms with E-state index in [-0.39, 0.29) is 6.04 Å². The first-order valence-corrected chi connectivity index (χ1v) is 8.98. The highest BCUT2D eigenvalue weighted by Gasteiger charge is 2.23. The van der Waals surface area contributed by atoms with Gasteiger partial charge in [0.15, 0.2) is 5.65 Å². The number of pyridine rings is 1. The van der Waals surface area contributed by atoms with E-state index >= 15 is 0 Å². The van der Waals surface area contributed by atoms with E-state index in [1.54, 1.807) is 12.4 Å². The molecule has 0 aliphatic heterocycles. The van der Waals surface area contributed by atoms with Crippen LogP contribution in [0.3, 0.4) is 0 Å². The van der Waals surface area contributed by atoms with Gasteiger partial charge in [-0.2, -0.15) is 10.2 Å². The maximum Gasteiger partial charge on any atom is 0.164 e. The van der Waals surface area contributed by atoms with Crippen LogP contribution in [0.2, 0.25) is 0 Å². The highest BCUT2D eigenvalue weighted by atomic mass is 15.3. The highest BCUT2D eigenvalue weighted by Crippen LogP contribution is 2.34. The number of nitrogen functional groups attached to an aromatic ring is 1. The van der Waals surface area contributed by atoms with Crippen LogP contribution < -0.4 is 5.73 Å². The van der Waals surface area contributed by atoms with Crippen LogP contribution in [0.25, 0.3) is 27.9 Å². The van der Waals surface area contributed by atoms with Crippen molar-refractivity contribution in [3.63, 3.8) is 0 Å². The van der Waals surface area contributed by atoms with Crippen molar-refractivity contribution in [1.82, 2.24) is 34.3 Å². The van der Waals surface area contributed by atoms with Crippen molar-refractivity contribution in [3.8, 4) is 11.4 Å². The Kier molecular flexibility index (Phi) is 3.58. The van der Waals surface area contributed by atoms with Gasteiger partial charge in [-0.05, 0) is 44.2 Å². The molecule has 0 saturated heterocycles. The molecule has 2 N–H and O–H groups in total. The molecule has 5 aromatic rings. The third kappa shape index (κ3) is 2.34. The molecule has 8 heteroatoms. The van der Waals surface area contributed by atoms with E-state index in [4.69, 9.17) is 10.8 Å².